The van der Waals surface area contributed by atoms with Gasteiger partial charge in [0.05, 0.1) is 12.2 Å². The van der Waals surface area contributed by atoms with Gasteiger partial charge in [-0.25, -0.2) is 9.07 Å². The van der Waals surface area contributed by atoms with Gasteiger partial charge >= 0.3 is 0 Å². The SMILES string of the molecule is CCN(CC)C(=O)c1cn([C@H]2CCCN(Cc3ccc(F)cc3)C2)nn1. The van der Waals surface area contributed by atoms with E-state index in [1.165, 1.54) is 12.1 Å². The van der Waals surface area contributed by atoms with Crippen molar-refractivity contribution in [1.29, 1.82) is 0 Å². The topological polar surface area (TPSA) is 54.3 Å². The van der Waals surface area contributed by atoms with Crippen molar-refractivity contribution in [3.8, 4) is 0 Å². The second-order valence-electron chi connectivity index (χ2n) is 6.72. The predicted octanol–water partition coefficient (Wildman–Crippen LogP) is 2.74. The minimum atomic E-state index is -0.210. The van der Waals surface area contributed by atoms with Gasteiger partial charge in [-0.15, -0.1) is 5.10 Å². The molecule has 0 N–H and O–H groups in total. The lowest BCUT2D eigenvalue weighted by molar-refractivity contribution is 0.0767. The third kappa shape index (κ3) is 4.27. The molecular weight excluding hydrogens is 333 g/mol. The van der Waals surface area contributed by atoms with Crippen LogP contribution in [-0.4, -0.2) is 56.9 Å². The first kappa shape index (κ1) is 18.5. The van der Waals surface area contributed by atoms with Crippen molar-refractivity contribution in [3.05, 3.63) is 47.5 Å². The van der Waals surface area contributed by atoms with Gasteiger partial charge in [0.1, 0.15) is 5.82 Å². The van der Waals surface area contributed by atoms with Crippen LogP contribution in [0.3, 0.4) is 0 Å². The van der Waals surface area contributed by atoms with Crippen LogP contribution in [0.2, 0.25) is 0 Å². The highest BCUT2D eigenvalue weighted by atomic mass is 19.1. The molecule has 1 aromatic heterocycles. The summed E-state index contributed by atoms with van der Waals surface area (Å²) in [5.74, 6) is -0.279. The van der Waals surface area contributed by atoms with E-state index in [4.69, 9.17) is 0 Å². The fraction of sp³-hybridized carbons (Fsp3) is 0.526. The molecule has 1 amide bonds. The second-order valence-corrected chi connectivity index (χ2v) is 6.72. The van der Waals surface area contributed by atoms with Crippen LogP contribution < -0.4 is 0 Å². The number of piperidine rings is 1. The Bertz CT molecular complexity index is 726. The molecule has 1 atom stereocenters. The van der Waals surface area contributed by atoms with Gasteiger partial charge in [-0.05, 0) is 50.9 Å². The maximum absolute atomic E-state index is 13.1. The Morgan fingerprint density at radius 2 is 2.00 bits per heavy atom. The van der Waals surface area contributed by atoms with E-state index in [-0.39, 0.29) is 17.8 Å². The smallest absolute Gasteiger partial charge is 0.276 e. The van der Waals surface area contributed by atoms with Crippen LogP contribution >= 0.6 is 0 Å². The van der Waals surface area contributed by atoms with Crippen molar-refractivity contribution < 1.29 is 9.18 Å². The quantitative estimate of drug-likeness (QED) is 0.796. The molecule has 0 saturated carbocycles. The molecule has 2 heterocycles. The summed E-state index contributed by atoms with van der Waals surface area (Å²) in [7, 11) is 0. The predicted molar refractivity (Wildman–Crippen MR) is 97.2 cm³/mol. The summed E-state index contributed by atoms with van der Waals surface area (Å²) in [6, 6.07) is 6.86. The van der Waals surface area contributed by atoms with Crippen LogP contribution in [0.15, 0.2) is 30.5 Å². The van der Waals surface area contributed by atoms with Gasteiger partial charge in [0.2, 0.25) is 0 Å². The summed E-state index contributed by atoms with van der Waals surface area (Å²) in [6.07, 6.45) is 3.85. The van der Waals surface area contributed by atoms with E-state index in [9.17, 15) is 9.18 Å². The molecule has 0 aliphatic carbocycles. The molecule has 6 nitrogen and oxygen atoms in total. The van der Waals surface area contributed by atoms with E-state index in [1.807, 2.05) is 30.7 Å². The highest BCUT2D eigenvalue weighted by Crippen LogP contribution is 2.22. The van der Waals surface area contributed by atoms with E-state index in [2.05, 4.69) is 15.2 Å². The van der Waals surface area contributed by atoms with Crippen molar-refractivity contribution in [3.63, 3.8) is 0 Å². The van der Waals surface area contributed by atoms with Gasteiger partial charge in [0, 0.05) is 26.2 Å². The Morgan fingerprint density at radius 1 is 1.27 bits per heavy atom. The third-order valence-corrected chi connectivity index (χ3v) is 4.95. The number of carbonyl (C=O) groups excluding carboxylic acids is 1. The van der Waals surface area contributed by atoms with Gasteiger partial charge in [-0.1, -0.05) is 17.3 Å². The molecule has 7 heteroatoms. The summed E-state index contributed by atoms with van der Waals surface area (Å²) in [5, 5.41) is 8.30. The first-order chi connectivity index (χ1) is 12.6. The minimum absolute atomic E-state index is 0.0692. The van der Waals surface area contributed by atoms with Gasteiger partial charge in [-0.3, -0.25) is 9.69 Å². The number of amides is 1. The van der Waals surface area contributed by atoms with Crippen molar-refractivity contribution in [1.82, 2.24) is 24.8 Å². The van der Waals surface area contributed by atoms with E-state index in [0.29, 0.717) is 18.8 Å². The molecule has 0 unspecified atom stereocenters. The Balaban J connectivity index is 1.64. The summed E-state index contributed by atoms with van der Waals surface area (Å²) >= 11 is 0. The average molecular weight is 359 g/mol. The standard InChI is InChI=1S/C19H26FN5O/c1-3-24(4-2)19(26)18-14-25(22-21-18)17-6-5-11-23(13-17)12-15-7-9-16(20)10-8-15/h7-10,14,17H,3-6,11-13H2,1-2H3/t17-/m0/s1. The largest absolute Gasteiger partial charge is 0.338 e. The molecule has 0 bridgehead atoms. The third-order valence-electron chi connectivity index (χ3n) is 4.95. The molecule has 0 spiro atoms. The number of hydrogen-bond donors (Lipinski definition) is 0. The van der Waals surface area contributed by atoms with Crippen LogP contribution in [0.5, 0.6) is 0 Å². The summed E-state index contributed by atoms with van der Waals surface area (Å²) in [4.78, 5) is 16.5. The fourth-order valence-corrected chi connectivity index (χ4v) is 3.46. The number of aromatic nitrogens is 3. The molecule has 1 fully saturated rings. The minimum Gasteiger partial charge on any atom is -0.338 e. The van der Waals surface area contributed by atoms with Gasteiger partial charge in [0.15, 0.2) is 5.69 Å². The number of hydrogen-bond acceptors (Lipinski definition) is 4. The number of nitrogens with zero attached hydrogens (tertiary/aromatic N) is 5. The van der Waals surface area contributed by atoms with E-state index >= 15 is 0 Å². The summed E-state index contributed by atoms with van der Waals surface area (Å²) in [5.41, 5.74) is 1.51. The maximum Gasteiger partial charge on any atom is 0.276 e. The Kier molecular flexibility index (Phi) is 5.98. The molecule has 1 aliphatic heterocycles. The molecule has 0 radical (unpaired) electrons. The van der Waals surface area contributed by atoms with E-state index < -0.39 is 0 Å². The molecule has 3 rings (SSSR count). The molecule has 26 heavy (non-hydrogen) atoms. The Labute approximate surface area is 153 Å². The van der Waals surface area contributed by atoms with Crippen molar-refractivity contribution >= 4 is 5.91 Å². The zero-order valence-corrected chi connectivity index (χ0v) is 15.4. The molecule has 2 aromatic rings. The molecular formula is C19H26FN5O. The van der Waals surface area contributed by atoms with E-state index in [0.717, 1.165) is 38.0 Å². The summed E-state index contributed by atoms with van der Waals surface area (Å²) in [6.45, 7) is 7.89. The Hall–Kier alpha value is -2.28. The fourth-order valence-electron chi connectivity index (χ4n) is 3.46. The number of benzene rings is 1. The lowest BCUT2D eigenvalue weighted by atomic mass is 10.0. The highest BCUT2D eigenvalue weighted by Gasteiger charge is 2.24. The first-order valence-electron chi connectivity index (χ1n) is 9.28. The van der Waals surface area contributed by atoms with Crippen molar-refractivity contribution in [2.45, 2.75) is 39.3 Å². The van der Waals surface area contributed by atoms with Crippen LogP contribution in [0.25, 0.3) is 0 Å². The lowest BCUT2D eigenvalue weighted by Crippen LogP contribution is -2.36. The first-order valence-corrected chi connectivity index (χ1v) is 9.28. The number of halogens is 1. The Morgan fingerprint density at radius 3 is 2.69 bits per heavy atom. The van der Waals surface area contributed by atoms with Gasteiger partial charge in [-0.2, -0.15) is 0 Å². The number of rotatable bonds is 6. The molecule has 1 saturated heterocycles. The zero-order chi connectivity index (χ0) is 18.5. The van der Waals surface area contributed by atoms with Gasteiger partial charge in [0.25, 0.3) is 5.91 Å². The monoisotopic (exact) mass is 359 g/mol. The van der Waals surface area contributed by atoms with Crippen LogP contribution in [0, 0.1) is 5.82 Å². The highest BCUT2D eigenvalue weighted by molar-refractivity contribution is 5.91. The number of carbonyl (C=O) groups is 1. The molecule has 1 aromatic carbocycles. The van der Waals surface area contributed by atoms with Crippen molar-refractivity contribution in [2.24, 2.45) is 0 Å². The van der Waals surface area contributed by atoms with Gasteiger partial charge < -0.3 is 4.90 Å². The van der Waals surface area contributed by atoms with Crippen LogP contribution in [-0.2, 0) is 6.54 Å². The average Bonchev–Trinajstić information content (AvgIpc) is 3.15. The van der Waals surface area contributed by atoms with Crippen LogP contribution in [0.1, 0.15) is 48.8 Å². The second kappa shape index (κ2) is 8.40. The maximum atomic E-state index is 13.1. The molecule has 1 aliphatic rings. The number of likely N-dealkylation sites (tertiary alicyclic amines) is 1. The lowest BCUT2D eigenvalue weighted by Gasteiger charge is -2.32. The molecule has 140 valence electrons. The van der Waals surface area contributed by atoms with Crippen molar-refractivity contribution in [2.75, 3.05) is 26.2 Å². The summed E-state index contributed by atoms with van der Waals surface area (Å²) < 4.78 is 14.9. The zero-order valence-electron chi connectivity index (χ0n) is 15.4. The van der Waals surface area contributed by atoms with Crippen LogP contribution in [0.4, 0.5) is 4.39 Å². The normalized spacial score (nSPS) is 18.0. The van der Waals surface area contributed by atoms with E-state index in [1.54, 1.807) is 11.1 Å².